The Balaban J connectivity index is 2.97. The molecule has 0 aromatic heterocycles. The van der Waals surface area contributed by atoms with Gasteiger partial charge in [-0.1, -0.05) is 0 Å². The third-order valence-electron chi connectivity index (χ3n) is 2.45. The third-order valence-corrected chi connectivity index (χ3v) is 3.63. The van der Waals surface area contributed by atoms with Crippen LogP contribution in [0.4, 0.5) is 0 Å². The van der Waals surface area contributed by atoms with Gasteiger partial charge < -0.3 is 15.2 Å². The fraction of sp³-hybridized carbons (Fsp3) is 0.417. The number of ether oxygens (including phenoxy) is 1. The Bertz CT molecular complexity index is 433. The summed E-state index contributed by atoms with van der Waals surface area (Å²) in [6.07, 6.45) is 0. The van der Waals surface area contributed by atoms with Gasteiger partial charge in [0, 0.05) is 11.8 Å². The first-order valence-electron chi connectivity index (χ1n) is 5.27. The number of phenols is 1. The highest BCUT2D eigenvalue weighted by molar-refractivity contribution is 6.22. The van der Waals surface area contributed by atoms with Crippen LogP contribution in [0.25, 0.3) is 0 Å². The van der Waals surface area contributed by atoms with E-state index < -0.39 is 11.4 Å². The van der Waals surface area contributed by atoms with Crippen LogP contribution in [-0.2, 0) is 0 Å². The van der Waals surface area contributed by atoms with Gasteiger partial charge in [-0.15, -0.1) is 23.2 Å². The van der Waals surface area contributed by atoms with E-state index in [0.29, 0.717) is 5.75 Å². The molecule has 0 spiro atoms. The van der Waals surface area contributed by atoms with Crippen LogP contribution in [-0.4, -0.2) is 35.4 Å². The number of amides is 1. The molecule has 1 amide bonds. The van der Waals surface area contributed by atoms with Crippen LogP contribution in [0.2, 0.25) is 0 Å². The van der Waals surface area contributed by atoms with Crippen molar-refractivity contribution in [2.75, 3.05) is 18.9 Å². The van der Waals surface area contributed by atoms with E-state index in [1.54, 1.807) is 13.0 Å². The van der Waals surface area contributed by atoms with Gasteiger partial charge in [0.2, 0.25) is 0 Å². The van der Waals surface area contributed by atoms with Gasteiger partial charge in [-0.2, -0.15) is 0 Å². The van der Waals surface area contributed by atoms with Crippen LogP contribution >= 0.6 is 23.2 Å². The van der Waals surface area contributed by atoms with Crippen LogP contribution < -0.4 is 10.1 Å². The van der Waals surface area contributed by atoms with E-state index >= 15 is 0 Å². The lowest BCUT2D eigenvalue weighted by atomic mass is 10.1. The van der Waals surface area contributed by atoms with E-state index in [-0.39, 0.29) is 23.1 Å². The second-order valence-corrected chi connectivity index (χ2v) is 4.70. The van der Waals surface area contributed by atoms with Crippen LogP contribution in [0.15, 0.2) is 18.2 Å². The zero-order valence-corrected chi connectivity index (χ0v) is 11.7. The van der Waals surface area contributed by atoms with Gasteiger partial charge in [-0.05, 0) is 25.1 Å². The van der Waals surface area contributed by atoms with Gasteiger partial charge in [-0.25, -0.2) is 0 Å². The number of nitrogens with one attached hydrogen (secondary N) is 1. The van der Waals surface area contributed by atoms with Gasteiger partial charge in [0.05, 0.1) is 18.2 Å². The molecule has 1 aromatic carbocycles. The van der Waals surface area contributed by atoms with Crippen LogP contribution in [0.5, 0.6) is 11.5 Å². The molecule has 0 atom stereocenters. The maximum Gasteiger partial charge on any atom is 0.255 e. The molecule has 0 fully saturated rings. The molecule has 4 nitrogen and oxygen atoms in total. The predicted molar refractivity (Wildman–Crippen MR) is 72.0 cm³/mol. The number of benzene rings is 1. The van der Waals surface area contributed by atoms with E-state index in [9.17, 15) is 9.90 Å². The van der Waals surface area contributed by atoms with Crippen LogP contribution in [0.1, 0.15) is 17.3 Å². The minimum Gasteiger partial charge on any atom is -0.507 e. The fourth-order valence-electron chi connectivity index (χ4n) is 1.27. The maximum atomic E-state index is 12.0. The van der Waals surface area contributed by atoms with E-state index in [1.807, 2.05) is 0 Å². The van der Waals surface area contributed by atoms with E-state index in [1.165, 1.54) is 19.2 Å². The number of alkyl halides is 2. The average Bonchev–Trinajstić information content (AvgIpc) is 2.39. The lowest BCUT2D eigenvalue weighted by Crippen LogP contribution is -2.49. The molecule has 0 bridgehead atoms. The summed E-state index contributed by atoms with van der Waals surface area (Å²) in [5.41, 5.74) is -0.605. The molecule has 1 rings (SSSR count). The number of aromatic hydroxyl groups is 1. The normalized spacial score (nSPS) is 11.1. The van der Waals surface area contributed by atoms with Crippen molar-refractivity contribution in [1.29, 1.82) is 0 Å². The molecule has 0 saturated heterocycles. The zero-order chi connectivity index (χ0) is 13.8. The zero-order valence-electron chi connectivity index (χ0n) is 10.2. The van der Waals surface area contributed by atoms with Crippen molar-refractivity contribution in [3.05, 3.63) is 23.8 Å². The average molecular weight is 292 g/mol. The van der Waals surface area contributed by atoms with Crippen molar-refractivity contribution in [3.8, 4) is 11.5 Å². The smallest absolute Gasteiger partial charge is 0.255 e. The van der Waals surface area contributed by atoms with Gasteiger partial charge in [-0.3, -0.25) is 4.79 Å². The summed E-state index contributed by atoms with van der Waals surface area (Å²) in [7, 11) is 1.48. The largest absolute Gasteiger partial charge is 0.507 e. The molecule has 6 heteroatoms. The second kappa shape index (κ2) is 6.16. The second-order valence-electron chi connectivity index (χ2n) is 4.17. The number of halogens is 2. The van der Waals surface area contributed by atoms with Crippen molar-refractivity contribution in [1.82, 2.24) is 5.32 Å². The minimum absolute atomic E-state index is 0.121. The highest BCUT2D eigenvalue weighted by Gasteiger charge is 2.26. The SMILES string of the molecule is COc1ccc(O)c(C(=O)NC(C)(CCl)CCl)c1. The number of carbonyl (C=O) groups is 1. The maximum absolute atomic E-state index is 12.0. The Morgan fingerprint density at radius 2 is 2.06 bits per heavy atom. The molecular formula is C12H15Cl2NO3. The lowest BCUT2D eigenvalue weighted by Gasteiger charge is -2.26. The number of carbonyl (C=O) groups excluding carboxylic acids is 1. The molecule has 18 heavy (non-hydrogen) atoms. The van der Waals surface area contributed by atoms with Crippen molar-refractivity contribution in [2.24, 2.45) is 0 Å². The highest BCUT2D eigenvalue weighted by atomic mass is 35.5. The molecule has 0 radical (unpaired) electrons. The standard InChI is InChI=1S/C12H15Cl2NO3/c1-12(6-13,7-14)15-11(17)9-5-8(18-2)3-4-10(9)16/h3-5,16H,6-7H2,1-2H3,(H,15,17). The Morgan fingerprint density at radius 3 is 2.56 bits per heavy atom. The Labute approximate surface area is 116 Å². The molecule has 0 aliphatic rings. The molecule has 0 unspecified atom stereocenters. The molecular weight excluding hydrogens is 277 g/mol. The molecule has 0 saturated carbocycles. The summed E-state index contributed by atoms with van der Waals surface area (Å²) in [5.74, 6) is 0.256. The van der Waals surface area contributed by atoms with Gasteiger partial charge in [0.1, 0.15) is 11.5 Å². The summed E-state index contributed by atoms with van der Waals surface area (Å²) in [5, 5.41) is 12.3. The molecule has 0 heterocycles. The Hall–Kier alpha value is -1.13. The number of hydrogen-bond donors (Lipinski definition) is 2. The van der Waals surface area contributed by atoms with Crippen molar-refractivity contribution >= 4 is 29.1 Å². The summed E-state index contributed by atoms with van der Waals surface area (Å²) in [6, 6.07) is 4.41. The van der Waals surface area contributed by atoms with Crippen LogP contribution in [0.3, 0.4) is 0 Å². The minimum atomic E-state index is -0.726. The summed E-state index contributed by atoms with van der Waals surface area (Å²) < 4.78 is 5.00. The third kappa shape index (κ3) is 3.43. The van der Waals surface area contributed by atoms with E-state index in [4.69, 9.17) is 27.9 Å². The molecule has 1 aromatic rings. The molecule has 0 aliphatic heterocycles. The van der Waals surface area contributed by atoms with Crippen molar-refractivity contribution < 1.29 is 14.6 Å². The Morgan fingerprint density at radius 1 is 1.44 bits per heavy atom. The lowest BCUT2D eigenvalue weighted by molar-refractivity contribution is 0.0918. The number of rotatable bonds is 5. The topological polar surface area (TPSA) is 58.6 Å². The predicted octanol–water partition coefficient (Wildman–Crippen LogP) is 2.37. The van der Waals surface area contributed by atoms with Crippen LogP contribution in [0, 0.1) is 0 Å². The van der Waals surface area contributed by atoms with E-state index in [2.05, 4.69) is 5.32 Å². The number of hydrogen-bond acceptors (Lipinski definition) is 3. The number of methoxy groups -OCH3 is 1. The quantitative estimate of drug-likeness (QED) is 0.819. The fourth-order valence-corrected chi connectivity index (χ4v) is 1.69. The monoisotopic (exact) mass is 291 g/mol. The first-order valence-corrected chi connectivity index (χ1v) is 6.34. The Kier molecular flexibility index (Phi) is 5.11. The number of phenolic OH excluding ortho intramolecular Hbond substituents is 1. The molecule has 2 N–H and O–H groups in total. The first-order chi connectivity index (χ1) is 8.45. The summed E-state index contributed by atoms with van der Waals surface area (Å²) in [4.78, 5) is 12.0. The molecule has 100 valence electrons. The molecule has 0 aliphatic carbocycles. The van der Waals surface area contributed by atoms with E-state index in [0.717, 1.165) is 0 Å². The first kappa shape index (κ1) is 14.9. The summed E-state index contributed by atoms with van der Waals surface area (Å²) in [6.45, 7) is 1.72. The van der Waals surface area contributed by atoms with Gasteiger partial charge in [0.25, 0.3) is 5.91 Å². The van der Waals surface area contributed by atoms with Crippen molar-refractivity contribution in [3.63, 3.8) is 0 Å². The summed E-state index contributed by atoms with van der Waals surface area (Å²) >= 11 is 11.5. The van der Waals surface area contributed by atoms with Crippen molar-refractivity contribution in [2.45, 2.75) is 12.5 Å². The highest BCUT2D eigenvalue weighted by Crippen LogP contribution is 2.23. The van der Waals surface area contributed by atoms with Gasteiger partial charge in [0.15, 0.2) is 0 Å². The van der Waals surface area contributed by atoms with Gasteiger partial charge >= 0.3 is 0 Å².